The first-order valence-corrected chi connectivity index (χ1v) is 26.1. The Morgan fingerprint density at radius 2 is 0.447 bits per heavy atom. The Balaban J connectivity index is 0.944. The van der Waals surface area contributed by atoms with Crippen LogP contribution in [0.2, 0.25) is 0 Å². The van der Waals surface area contributed by atoms with Crippen LogP contribution < -0.4 is 4.90 Å². The van der Waals surface area contributed by atoms with Crippen LogP contribution >= 0.6 is 0 Å². The molecule has 0 amide bonds. The van der Waals surface area contributed by atoms with E-state index in [9.17, 15) is 0 Å². The predicted molar refractivity (Wildman–Crippen MR) is 320 cm³/mol. The zero-order valence-corrected chi connectivity index (χ0v) is 41.5. The minimum absolute atomic E-state index is 1.07. The molecule has 0 aliphatic carbocycles. The van der Waals surface area contributed by atoms with E-state index in [0.29, 0.717) is 0 Å². The zero-order chi connectivity index (χ0) is 50.1. The Kier molecular flexibility index (Phi) is 10.2. The first kappa shape index (κ1) is 43.4. The summed E-state index contributed by atoms with van der Waals surface area (Å²) in [6, 6.07) is 106. The van der Waals surface area contributed by atoms with Crippen LogP contribution in [0.3, 0.4) is 0 Å². The van der Waals surface area contributed by atoms with Gasteiger partial charge in [-0.05, 0) is 155 Å². The molecule has 15 aromatic rings. The molecule has 76 heavy (non-hydrogen) atoms. The third kappa shape index (κ3) is 7.14. The number of fused-ring (bicyclic) bond motifs is 9. The fourth-order valence-electron chi connectivity index (χ4n) is 12.0. The van der Waals surface area contributed by atoms with Crippen molar-refractivity contribution < 1.29 is 0 Å². The maximum absolute atomic E-state index is 2.45. The minimum Gasteiger partial charge on any atom is -0.310 e. The van der Waals surface area contributed by atoms with E-state index >= 15 is 0 Å². The first-order valence-electron chi connectivity index (χ1n) is 26.1. The van der Waals surface area contributed by atoms with Gasteiger partial charge in [-0.25, -0.2) is 0 Å². The van der Waals surface area contributed by atoms with Crippen molar-refractivity contribution in [2.75, 3.05) is 4.90 Å². The molecule has 0 aliphatic rings. The van der Waals surface area contributed by atoms with E-state index < -0.39 is 0 Å². The maximum Gasteiger partial charge on any atom is 0.0541 e. The van der Waals surface area contributed by atoms with Crippen LogP contribution in [0.25, 0.3) is 116 Å². The highest BCUT2D eigenvalue weighted by molar-refractivity contribution is 6.11. The van der Waals surface area contributed by atoms with Crippen LogP contribution in [0.1, 0.15) is 0 Å². The molecule has 0 fully saturated rings. The summed E-state index contributed by atoms with van der Waals surface area (Å²) >= 11 is 0. The van der Waals surface area contributed by atoms with E-state index in [1.54, 1.807) is 0 Å². The average molecular weight is 969 g/mol. The molecule has 0 bridgehead atoms. The number of anilines is 3. The lowest BCUT2D eigenvalue weighted by Crippen LogP contribution is -2.10. The minimum atomic E-state index is 1.07. The molecule has 3 heterocycles. The number of benzene rings is 12. The van der Waals surface area contributed by atoms with Crippen LogP contribution in [-0.4, -0.2) is 13.7 Å². The third-order valence-corrected chi connectivity index (χ3v) is 15.4. The number of nitrogens with zero attached hydrogens (tertiary/aromatic N) is 4. The SMILES string of the molecule is c1ccc(N(c2ccccc2)c2cc(-c3ccc(-n4c5ccccc5c5ccccc54)cc3)cc(-c3cc(-c4ccc(-n5c6ccccc6c6ccccc65)cc4)cc(-n4c5ccccc5c5ccccc54)c3)c2)cc1. The third-order valence-electron chi connectivity index (χ3n) is 15.4. The van der Waals surface area contributed by atoms with E-state index in [4.69, 9.17) is 0 Å². The summed E-state index contributed by atoms with van der Waals surface area (Å²) in [5.74, 6) is 0. The van der Waals surface area contributed by atoms with Gasteiger partial charge in [-0.3, -0.25) is 0 Å². The van der Waals surface area contributed by atoms with E-state index in [1.165, 1.54) is 65.4 Å². The highest BCUT2D eigenvalue weighted by atomic mass is 15.1. The lowest BCUT2D eigenvalue weighted by molar-refractivity contribution is 1.18. The zero-order valence-electron chi connectivity index (χ0n) is 41.5. The normalized spacial score (nSPS) is 11.7. The molecule has 4 heteroatoms. The molecule has 15 rings (SSSR count). The van der Waals surface area contributed by atoms with E-state index in [2.05, 4.69) is 310 Å². The van der Waals surface area contributed by atoms with Crippen LogP contribution in [0, 0.1) is 0 Å². The summed E-state index contributed by atoms with van der Waals surface area (Å²) in [5, 5.41) is 7.48. The van der Waals surface area contributed by atoms with Crippen molar-refractivity contribution in [3.05, 3.63) is 291 Å². The largest absolute Gasteiger partial charge is 0.310 e. The van der Waals surface area contributed by atoms with Gasteiger partial charge in [0.1, 0.15) is 0 Å². The fraction of sp³-hybridized carbons (Fsp3) is 0. The summed E-state index contributed by atoms with van der Waals surface area (Å²) in [5.41, 5.74) is 20.5. The smallest absolute Gasteiger partial charge is 0.0541 e. The summed E-state index contributed by atoms with van der Waals surface area (Å²) in [6.45, 7) is 0. The van der Waals surface area contributed by atoms with Gasteiger partial charge in [0.2, 0.25) is 0 Å². The molecule has 3 aromatic heterocycles. The Morgan fingerprint density at radius 1 is 0.184 bits per heavy atom. The lowest BCUT2D eigenvalue weighted by atomic mass is 9.94. The van der Waals surface area contributed by atoms with Crippen molar-refractivity contribution in [2.24, 2.45) is 0 Å². The molecule has 356 valence electrons. The highest BCUT2D eigenvalue weighted by Gasteiger charge is 2.20. The van der Waals surface area contributed by atoms with Crippen molar-refractivity contribution in [2.45, 2.75) is 0 Å². The molecule has 0 saturated heterocycles. The lowest BCUT2D eigenvalue weighted by Gasteiger charge is -2.27. The Morgan fingerprint density at radius 3 is 0.789 bits per heavy atom. The molecular weight excluding hydrogens is 921 g/mol. The molecule has 12 aromatic carbocycles. The number of hydrogen-bond acceptors (Lipinski definition) is 1. The topological polar surface area (TPSA) is 18.0 Å². The van der Waals surface area contributed by atoms with Crippen molar-refractivity contribution >= 4 is 82.5 Å². The summed E-state index contributed by atoms with van der Waals surface area (Å²) in [6.07, 6.45) is 0. The summed E-state index contributed by atoms with van der Waals surface area (Å²) in [7, 11) is 0. The van der Waals surface area contributed by atoms with E-state index in [1.807, 2.05) is 0 Å². The molecule has 0 radical (unpaired) electrons. The summed E-state index contributed by atoms with van der Waals surface area (Å²) < 4.78 is 7.23. The maximum atomic E-state index is 2.45. The number of aromatic nitrogens is 3. The van der Waals surface area contributed by atoms with Crippen LogP contribution in [0.4, 0.5) is 17.1 Å². The van der Waals surface area contributed by atoms with Gasteiger partial charge in [0.15, 0.2) is 0 Å². The molecule has 0 saturated carbocycles. The van der Waals surface area contributed by atoms with Gasteiger partial charge in [-0.2, -0.15) is 0 Å². The van der Waals surface area contributed by atoms with Gasteiger partial charge in [0, 0.05) is 66.4 Å². The van der Waals surface area contributed by atoms with Gasteiger partial charge >= 0.3 is 0 Å². The second kappa shape index (κ2) is 17.8. The van der Waals surface area contributed by atoms with Gasteiger partial charge in [0.05, 0.1) is 33.1 Å². The second-order valence-electron chi connectivity index (χ2n) is 19.7. The van der Waals surface area contributed by atoms with Crippen LogP contribution in [0.15, 0.2) is 291 Å². The van der Waals surface area contributed by atoms with Crippen molar-refractivity contribution in [3.8, 4) is 50.4 Å². The van der Waals surface area contributed by atoms with Gasteiger partial charge in [0.25, 0.3) is 0 Å². The monoisotopic (exact) mass is 968 g/mol. The average Bonchev–Trinajstić information content (AvgIpc) is 4.19. The standard InChI is InChI=1S/C72H48N4/c1-3-19-55(20-4-1)73(56-21-5-2-6-22-56)59-45-51(49-35-39-57(40-36-49)74-67-29-13-7-23-61(67)62-24-8-14-30-68(62)74)43-53(47-59)54-44-52(46-60(48-54)76-71-33-17-11-27-65(71)66-28-12-18-34-72(66)76)50-37-41-58(42-38-50)75-69-31-15-9-25-63(69)64-26-10-16-32-70(64)75/h1-48H. The Labute approximate surface area is 440 Å². The van der Waals surface area contributed by atoms with Crippen molar-refractivity contribution in [1.82, 2.24) is 13.7 Å². The Hall–Kier alpha value is -10.2. The number of para-hydroxylation sites is 8. The van der Waals surface area contributed by atoms with Crippen LogP contribution in [-0.2, 0) is 0 Å². The quantitative estimate of drug-likeness (QED) is 0.141. The van der Waals surface area contributed by atoms with E-state index in [-0.39, 0.29) is 0 Å². The summed E-state index contributed by atoms with van der Waals surface area (Å²) in [4.78, 5) is 2.38. The van der Waals surface area contributed by atoms with Crippen LogP contribution in [0.5, 0.6) is 0 Å². The molecule has 0 N–H and O–H groups in total. The second-order valence-corrected chi connectivity index (χ2v) is 19.7. The highest BCUT2D eigenvalue weighted by Crippen LogP contribution is 2.43. The molecule has 0 aliphatic heterocycles. The van der Waals surface area contributed by atoms with Crippen molar-refractivity contribution in [1.29, 1.82) is 0 Å². The van der Waals surface area contributed by atoms with Gasteiger partial charge in [-0.15, -0.1) is 0 Å². The first-order chi connectivity index (χ1) is 37.7. The molecule has 0 unspecified atom stereocenters. The molecule has 0 atom stereocenters. The van der Waals surface area contributed by atoms with Gasteiger partial charge < -0.3 is 18.6 Å². The number of hydrogen-bond donors (Lipinski definition) is 0. The predicted octanol–water partition coefficient (Wildman–Crippen LogP) is 19.4. The molecule has 0 spiro atoms. The molecule has 4 nitrogen and oxygen atoms in total. The fourth-order valence-corrected chi connectivity index (χ4v) is 12.0. The van der Waals surface area contributed by atoms with Gasteiger partial charge in [-0.1, -0.05) is 170 Å². The Bertz CT molecular complexity index is 4480. The number of rotatable bonds is 9. The van der Waals surface area contributed by atoms with E-state index in [0.717, 1.165) is 67.5 Å². The molecular formula is C72H48N4. The van der Waals surface area contributed by atoms with Crippen molar-refractivity contribution in [3.63, 3.8) is 0 Å².